The van der Waals surface area contributed by atoms with Gasteiger partial charge >= 0.3 is 5.97 Å². The normalized spacial score (nSPS) is 16.4. The lowest BCUT2D eigenvalue weighted by molar-refractivity contribution is 0.0458. The van der Waals surface area contributed by atoms with Crippen LogP contribution in [0.3, 0.4) is 0 Å². The molecule has 0 radical (unpaired) electrons. The van der Waals surface area contributed by atoms with E-state index in [0.717, 1.165) is 18.9 Å². The minimum atomic E-state index is -1.47. The second-order valence-electron chi connectivity index (χ2n) is 4.71. The van der Waals surface area contributed by atoms with Crippen LogP contribution in [0.1, 0.15) is 30.1 Å². The van der Waals surface area contributed by atoms with E-state index in [4.69, 9.17) is 9.84 Å². The van der Waals surface area contributed by atoms with Crippen LogP contribution in [-0.4, -0.2) is 36.9 Å². The molecule has 0 bridgehead atoms. The number of anilines is 1. The highest BCUT2D eigenvalue weighted by Crippen LogP contribution is 2.27. The van der Waals surface area contributed by atoms with Gasteiger partial charge in [0, 0.05) is 19.7 Å². The number of piperidine rings is 1. The van der Waals surface area contributed by atoms with Crippen molar-refractivity contribution in [3.8, 4) is 0 Å². The van der Waals surface area contributed by atoms with E-state index >= 15 is 0 Å². The summed E-state index contributed by atoms with van der Waals surface area (Å²) in [4.78, 5) is 12.5. The first-order valence-corrected chi connectivity index (χ1v) is 6.62. The molecule has 0 spiro atoms. The fraction of sp³-hybridized carbons (Fsp3) is 0.500. The van der Waals surface area contributed by atoms with Crippen LogP contribution in [0.2, 0.25) is 0 Å². The molecular formula is C14H17F2NO3. The van der Waals surface area contributed by atoms with E-state index in [-0.39, 0.29) is 11.8 Å². The average molecular weight is 285 g/mol. The van der Waals surface area contributed by atoms with E-state index in [9.17, 15) is 13.6 Å². The van der Waals surface area contributed by atoms with Crippen LogP contribution in [-0.2, 0) is 4.74 Å². The lowest BCUT2D eigenvalue weighted by Crippen LogP contribution is -2.37. The van der Waals surface area contributed by atoms with Crippen molar-refractivity contribution in [3.05, 3.63) is 29.3 Å². The van der Waals surface area contributed by atoms with Crippen molar-refractivity contribution in [2.45, 2.75) is 25.9 Å². The molecule has 1 saturated heterocycles. The number of aromatic carboxylic acids is 1. The summed E-state index contributed by atoms with van der Waals surface area (Å²) in [6.07, 6.45) is 1.65. The van der Waals surface area contributed by atoms with Gasteiger partial charge in [0.2, 0.25) is 0 Å². The van der Waals surface area contributed by atoms with Crippen LogP contribution in [0.5, 0.6) is 0 Å². The second-order valence-corrected chi connectivity index (χ2v) is 4.71. The van der Waals surface area contributed by atoms with E-state index in [0.29, 0.717) is 19.7 Å². The number of carboxylic acids is 1. The summed E-state index contributed by atoms with van der Waals surface area (Å²) in [5.41, 5.74) is -0.530. The molecule has 1 aromatic rings. The number of carbonyl (C=O) groups is 1. The molecule has 0 aliphatic carbocycles. The maximum atomic E-state index is 13.9. The van der Waals surface area contributed by atoms with E-state index in [1.54, 1.807) is 4.90 Å². The molecule has 110 valence electrons. The average Bonchev–Trinajstić information content (AvgIpc) is 2.43. The Labute approximate surface area is 116 Å². The van der Waals surface area contributed by atoms with Gasteiger partial charge in [-0.05, 0) is 31.9 Å². The third kappa shape index (κ3) is 2.90. The maximum Gasteiger partial charge on any atom is 0.338 e. The molecule has 1 heterocycles. The molecular weight excluding hydrogens is 268 g/mol. The number of benzene rings is 1. The molecule has 0 atom stereocenters. The number of rotatable bonds is 4. The zero-order chi connectivity index (χ0) is 14.7. The second kappa shape index (κ2) is 6.17. The monoisotopic (exact) mass is 285 g/mol. The van der Waals surface area contributed by atoms with Gasteiger partial charge in [0.1, 0.15) is 0 Å². The summed E-state index contributed by atoms with van der Waals surface area (Å²) in [7, 11) is 0. The number of carboxylic acid groups (broad SMARTS) is 1. The maximum absolute atomic E-state index is 13.9. The molecule has 1 aliphatic heterocycles. The molecule has 1 aliphatic rings. The minimum Gasteiger partial charge on any atom is -0.478 e. The van der Waals surface area contributed by atoms with Crippen molar-refractivity contribution < 1.29 is 23.4 Å². The Hall–Kier alpha value is -1.69. The largest absolute Gasteiger partial charge is 0.478 e. The molecule has 20 heavy (non-hydrogen) atoms. The van der Waals surface area contributed by atoms with E-state index in [1.807, 2.05) is 6.92 Å². The Morgan fingerprint density at radius 2 is 2.00 bits per heavy atom. The Kier molecular flexibility index (Phi) is 4.54. The molecule has 4 nitrogen and oxygen atoms in total. The van der Waals surface area contributed by atoms with Gasteiger partial charge in [-0.3, -0.25) is 0 Å². The van der Waals surface area contributed by atoms with E-state index in [2.05, 4.69) is 0 Å². The van der Waals surface area contributed by atoms with Crippen molar-refractivity contribution in [2.75, 3.05) is 24.6 Å². The van der Waals surface area contributed by atoms with Gasteiger partial charge in [0.25, 0.3) is 0 Å². The van der Waals surface area contributed by atoms with Crippen LogP contribution in [0, 0.1) is 11.6 Å². The molecule has 1 aromatic carbocycles. The number of hydrogen-bond acceptors (Lipinski definition) is 3. The lowest BCUT2D eigenvalue weighted by atomic mass is 10.1. The van der Waals surface area contributed by atoms with Gasteiger partial charge in [-0.25, -0.2) is 13.6 Å². The first kappa shape index (κ1) is 14.7. The van der Waals surface area contributed by atoms with Crippen molar-refractivity contribution in [3.63, 3.8) is 0 Å². The molecule has 1 fully saturated rings. The van der Waals surface area contributed by atoms with Crippen LogP contribution >= 0.6 is 0 Å². The summed E-state index contributed by atoms with van der Waals surface area (Å²) in [5.74, 6) is -3.87. The van der Waals surface area contributed by atoms with Gasteiger partial charge < -0.3 is 14.7 Å². The molecule has 6 heteroatoms. The Bertz CT molecular complexity index is 499. The van der Waals surface area contributed by atoms with Gasteiger partial charge in [-0.2, -0.15) is 0 Å². The predicted molar refractivity (Wildman–Crippen MR) is 70.2 cm³/mol. The fourth-order valence-corrected chi connectivity index (χ4v) is 2.45. The SMILES string of the molecule is CCOC1CCN(c2ccc(C(=O)O)c(F)c2F)CC1. The highest BCUT2D eigenvalue weighted by atomic mass is 19.2. The fourth-order valence-electron chi connectivity index (χ4n) is 2.45. The molecule has 0 unspecified atom stereocenters. The number of halogens is 2. The summed E-state index contributed by atoms with van der Waals surface area (Å²) < 4.78 is 33.1. The first-order valence-electron chi connectivity index (χ1n) is 6.62. The number of hydrogen-bond donors (Lipinski definition) is 1. The third-order valence-electron chi connectivity index (χ3n) is 3.48. The van der Waals surface area contributed by atoms with Crippen molar-refractivity contribution >= 4 is 11.7 Å². The summed E-state index contributed by atoms with van der Waals surface area (Å²) in [5, 5.41) is 8.75. The van der Waals surface area contributed by atoms with Crippen molar-refractivity contribution in [2.24, 2.45) is 0 Å². The topological polar surface area (TPSA) is 49.8 Å². The highest BCUT2D eigenvalue weighted by Gasteiger charge is 2.25. The van der Waals surface area contributed by atoms with Crippen LogP contribution in [0.4, 0.5) is 14.5 Å². The van der Waals surface area contributed by atoms with E-state index in [1.165, 1.54) is 6.07 Å². The summed E-state index contributed by atoms with van der Waals surface area (Å²) in [6, 6.07) is 2.42. The first-order chi connectivity index (χ1) is 9.54. The van der Waals surface area contributed by atoms with Gasteiger partial charge in [-0.15, -0.1) is 0 Å². The molecule has 2 rings (SSSR count). The summed E-state index contributed by atoms with van der Waals surface area (Å²) >= 11 is 0. The Morgan fingerprint density at radius 1 is 1.35 bits per heavy atom. The van der Waals surface area contributed by atoms with Gasteiger partial charge in [-0.1, -0.05) is 0 Å². The summed E-state index contributed by atoms with van der Waals surface area (Å²) in [6.45, 7) is 3.69. The quantitative estimate of drug-likeness (QED) is 0.924. The smallest absolute Gasteiger partial charge is 0.338 e. The number of nitrogens with zero attached hydrogens (tertiary/aromatic N) is 1. The minimum absolute atomic E-state index is 0.113. The van der Waals surface area contributed by atoms with Crippen LogP contribution in [0.15, 0.2) is 12.1 Å². The number of ether oxygens (including phenoxy) is 1. The lowest BCUT2D eigenvalue weighted by Gasteiger charge is -2.33. The van der Waals surface area contributed by atoms with Crippen molar-refractivity contribution in [1.82, 2.24) is 0 Å². The zero-order valence-corrected chi connectivity index (χ0v) is 11.2. The molecule has 0 aromatic heterocycles. The van der Waals surface area contributed by atoms with Crippen LogP contribution in [0.25, 0.3) is 0 Å². The standard InChI is InChI=1S/C14H17F2NO3/c1-2-20-9-5-7-17(8-6-9)11-4-3-10(14(18)19)12(15)13(11)16/h3-4,9H,2,5-8H2,1H3,(H,18,19). The third-order valence-corrected chi connectivity index (χ3v) is 3.48. The molecule has 0 saturated carbocycles. The van der Waals surface area contributed by atoms with Gasteiger partial charge in [0.15, 0.2) is 11.6 Å². The zero-order valence-electron chi connectivity index (χ0n) is 11.2. The molecule has 0 amide bonds. The Morgan fingerprint density at radius 3 is 2.55 bits per heavy atom. The Balaban J connectivity index is 2.15. The van der Waals surface area contributed by atoms with Gasteiger partial charge in [0.05, 0.1) is 17.4 Å². The van der Waals surface area contributed by atoms with Crippen molar-refractivity contribution in [1.29, 1.82) is 0 Å². The molecule has 1 N–H and O–H groups in total. The van der Waals surface area contributed by atoms with Crippen LogP contribution < -0.4 is 4.90 Å². The highest BCUT2D eigenvalue weighted by molar-refractivity contribution is 5.88. The van der Waals surface area contributed by atoms with E-state index < -0.39 is 23.2 Å². The predicted octanol–water partition coefficient (Wildman–Crippen LogP) is 2.67.